The number of esters is 5. The van der Waals surface area contributed by atoms with Crippen molar-refractivity contribution in [2.45, 2.75) is 83.1 Å². The summed E-state index contributed by atoms with van der Waals surface area (Å²) in [4.78, 5) is 73.3. The van der Waals surface area contributed by atoms with E-state index in [2.05, 4.69) is 0 Å². The van der Waals surface area contributed by atoms with Crippen molar-refractivity contribution in [1.82, 2.24) is 5.32 Å². The molecule has 1 aromatic carbocycles. The number of rotatable bonds is 12. The summed E-state index contributed by atoms with van der Waals surface area (Å²) in [6.45, 7) is 2.54. The Bertz CT molecular complexity index is 1210. The summed E-state index contributed by atoms with van der Waals surface area (Å²) in [7, 11) is 0.943. The van der Waals surface area contributed by atoms with Crippen LogP contribution in [0.1, 0.15) is 39.7 Å². The smallest absolute Gasteiger partial charge is 0.465 e. The Morgan fingerprint density at radius 2 is 1.57 bits per heavy atom. The van der Waals surface area contributed by atoms with Gasteiger partial charge in [-0.15, -0.1) is 0 Å². The minimum absolute atomic E-state index is 0.353. The molecule has 0 saturated carbocycles. The number of amides is 1. The lowest BCUT2D eigenvalue weighted by Crippen LogP contribution is -2.70. The van der Waals surface area contributed by atoms with Crippen molar-refractivity contribution in [3.63, 3.8) is 0 Å². The van der Waals surface area contributed by atoms with Crippen LogP contribution in [0.25, 0.3) is 0 Å². The van der Waals surface area contributed by atoms with E-state index >= 15 is 0 Å². The molecule has 0 radical (unpaired) electrons. The number of carbonyl (C=O) groups excluding carboxylic acids is 6. The van der Waals surface area contributed by atoms with Gasteiger partial charge < -0.3 is 38.5 Å². The molecule has 0 spiro atoms. The van der Waals surface area contributed by atoms with Crippen LogP contribution in [-0.4, -0.2) is 91.9 Å². The van der Waals surface area contributed by atoms with Gasteiger partial charge in [0.2, 0.25) is 0 Å². The molecule has 44 heavy (non-hydrogen) atoms. The molecule has 0 unspecified atom stereocenters. The lowest BCUT2D eigenvalue weighted by Gasteiger charge is -2.48. The highest BCUT2D eigenvalue weighted by molar-refractivity contribution is 5.82. The van der Waals surface area contributed by atoms with E-state index in [4.69, 9.17) is 33.2 Å². The average Bonchev–Trinajstić information content (AvgIpc) is 2.93. The Kier molecular flexibility index (Phi) is 12.6. The van der Waals surface area contributed by atoms with Crippen molar-refractivity contribution in [2.24, 2.45) is 0 Å². The zero-order valence-electron chi connectivity index (χ0n) is 24.3. The number of hydrogen-bond donors (Lipinski definition) is 1. The highest BCUT2D eigenvalue weighted by Gasteiger charge is 2.60. The van der Waals surface area contributed by atoms with Crippen molar-refractivity contribution >= 4 is 35.8 Å². The molecular weight excluding hydrogens is 603 g/mol. The van der Waals surface area contributed by atoms with Crippen LogP contribution in [0.2, 0.25) is 0 Å². The summed E-state index contributed by atoms with van der Waals surface area (Å²) < 4.78 is 77.6. The molecule has 1 aromatic rings. The molecule has 1 aliphatic rings. The Labute approximate surface area is 249 Å². The fraction of sp³-hybridized carbons (Fsp3) is 0.556. The molecule has 1 N–H and O–H groups in total. The first-order valence-electron chi connectivity index (χ1n) is 13.0. The summed E-state index contributed by atoms with van der Waals surface area (Å²) in [5.74, 6) is -10.4. The monoisotopic (exact) mass is 635 g/mol. The van der Waals surface area contributed by atoms with Gasteiger partial charge in [0.25, 0.3) is 5.79 Å². The number of benzene rings is 1. The van der Waals surface area contributed by atoms with E-state index in [1.165, 1.54) is 0 Å². The molecule has 6 atom stereocenters. The number of ether oxygens (including phenoxy) is 7. The van der Waals surface area contributed by atoms with E-state index in [1.807, 2.05) is 0 Å². The van der Waals surface area contributed by atoms with Gasteiger partial charge in [0.1, 0.15) is 18.8 Å². The van der Waals surface area contributed by atoms with Crippen LogP contribution in [0.15, 0.2) is 30.3 Å². The molecule has 1 fully saturated rings. The fourth-order valence-corrected chi connectivity index (χ4v) is 4.32. The van der Waals surface area contributed by atoms with Gasteiger partial charge in [-0.2, -0.15) is 13.2 Å². The third kappa shape index (κ3) is 10.2. The number of alkyl halides is 3. The Hall–Kier alpha value is -4.25. The molecule has 1 aliphatic heterocycles. The summed E-state index contributed by atoms with van der Waals surface area (Å²) in [6, 6.07) is 6.18. The number of nitrogens with one attached hydrogen (secondary N) is 1. The van der Waals surface area contributed by atoms with E-state index in [9.17, 15) is 41.9 Å². The molecule has 17 heteroatoms. The Morgan fingerprint density at radius 1 is 0.955 bits per heavy atom. The second kappa shape index (κ2) is 15.5. The highest BCUT2D eigenvalue weighted by Crippen LogP contribution is 2.38. The molecule has 0 aliphatic carbocycles. The van der Waals surface area contributed by atoms with Gasteiger partial charge in [0.05, 0.1) is 26.2 Å². The van der Waals surface area contributed by atoms with Gasteiger partial charge in [-0.3, -0.25) is 24.0 Å². The predicted molar refractivity (Wildman–Crippen MR) is 137 cm³/mol. The number of hydrogen-bond acceptors (Lipinski definition) is 13. The number of methoxy groups -OCH3 is 1. The van der Waals surface area contributed by atoms with Crippen molar-refractivity contribution in [2.75, 3.05) is 13.7 Å². The topological polar surface area (TPSA) is 179 Å². The van der Waals surface area contributed by atoms with Gasteiger partial charge in [-0.25, -0.2) is 4.79 Å². The third-order valence-electron chi connectivity index (χ3n) is 6.00. The van der Waals surface area contributed by atoms with Crippen LogP contribution in [0.4, 0.5) is 13.2 Å². The molecule has 244 valence electrons. The van der Waals surface area contributed by atoms with E-state index in [1.54, 1.807) is 35.6 Å². The van der Waals surface area contributed by atoms with Crippen molar-refractivity contribution < 1.29 is 75.1 Å². The normalized spacial score (nSPS) is 22.9. The Balaban J connectivity index is 2.79. The predicted octanol–water partition coefficient (Wildman–Crippen LogP) is 1.27. The van der Waals surface area contributed by atoms with E-state index < -0.39 is 91.2 Å². The fourth-order valence-electron chi connectivity index (χ4n) is 4.32. The maximum absolute atomic E-state index is 13.4. The zero-order chi connectivity index (χ0) is 33.2. The molecular formula is C27H32F3NO13. The maximum Gasteiger partial charge on any atom is 0.471 e. The molecule has 2 rings (SSSR count). The van der Waals surface area contributed by atoms with Crippen LogP contribution in [0.3, 0.4) is 0 Å². The SMILES string of the molecule is COC(=O)[C@@]1(OCc2ccccc2)C[C@H](OC(C)=O)[C@@H](NC(=O)C(F)(F)F)[C@H]([C@H](OC(C)=O)[C@@H](COC(C)=O)OC(C)=O)O1. The van der Waals surface area contributed by atoms with Gasteiger partial charge in [0.15, 0.2) is 12.2 Å². The summed E-state index contributed by atoms with van der Waals surface area (Å²) >= 11 is 0. The molecule has 1 heterocycles. The van der Waals surface area contributed by atoms with Crippen molar-refractivity contribution in [1.29, 1.82) is 0 Å². The summed E-state index contributed by atoms with van der Waals surface area (Å²) in [5.41, 5.74) is 0.497. The van der Waals surface area contributed by atoms with Crippen molar-refractivity contribution in [3.05, 3.63) is 35.9 Å². The van der Waals surface area contributed by atoms with Crippen LogP contribution in [0, 0.1) is 0 Å². The van der Waals surface area contributed by atoms with Crippen LogP contribution in [0.5, 0.6) is 0 Å². The second-order valence-electron chi connectivity index (χ2n) is 9.47. The minimum atomic E-state index is -5.46. The van der Waals surface area contributed by atoms with Crippen molar-refractivity contribution in [3.8, 4) is 0 Å². The van der Waals surface area contributed by atoms with Gasteiger partial charge in [-0.05, 0) is 5.56 Å². The molecule has 0 bridgehead atoms. The highest BCUT2D eigenvalue weighted by atomic mass is 19.4. The molecule has 14 nitrogen and oxygen atoms in total. The number of carbonyl (C=O) groups is 6. The zero-order valence-corrected chi connectivity index (χ0v) is 24.3. The lowest BCUT2D eigenvalue weighted by atomic mass is 9.87. The van der Waals surface area contributed by atoms with Crippen LogP contribution in [-0.2, 0) is 68.5 Å². The first kappa shape index (κ1) is 35.9. The van der Waals surface area contributed by atoms with Gasteiger partial charge in [-0.1, -0.05) is 30.3 Å². The van der Waals surface area contributed by atoms with Gasteiger partial charge >= 0.3 is 41.9 Å². The summed E-state index contributed by atoms with van der Waals surface area (Å²) in [5, 5.41) is 1.65. The third-order valence-corrected chi connectivity index (χ3v) is 6.00. The summed E-state index contributed by atoms with van der Waals surface area (Å²) in [6.07, 6.45) is -14.0. The average molecular weight is 636 g/mol. The first-order valence-corrected chi connectivity index (χ1v) is 13.0. The quantitative estimate of drug-likeness (QED) is 0.257. The maximum atomic E-state index is 13.4. The van der Waals surface area contributed by atoms with E-state index in [-0.39, 0.29) is 6.61 Å². The molecule has 1 amide bonds. The Morgan fingerprint density at radius 3 is 2.07 bits per heavy atom. The van der Waals surface area contributed by atoms with Crippen LogP contribution >= 0.6 is 0 Å². The van der Waals surface area contributed by atoms with Gasteiger partial charge in [0, 0.05) is 27.7 Å². The second-order valence-corrected chi connectivity index (χ2v) is 9.47. The molecule has 0 aromatic heterocycles. The molecule has 1 saturated heterocycles. The van der Waals surface area contributed by atoms with E-state index in [0.29, 0.717) is 5.56 Å². The standard InChI is InChI=1S/C27H32F3NO13/c1-14(32)39-13-20(42-16(3)34)22(43-17(4)35)23-21(31-24(36)27(28,29)30)19(41-15(2)33)11-26(44-23,25(37)38-5)40-12-18-9-7-6-8-10-18/h6-10,19-23H,11-13H2,1-5H3,(H,31,36)/t19-,20+,21+,22+,23+,26+/m0/s1. The van der Waals surface area contributed by atoms with E-state index in [0.717, 1.165) is 34.8 Å². The first-order chi connectivity index (χ1) is 20.5. The lowest BCUT2D eigenvalue weighted by molar-refractivity contribution is -0.318. The van der Waals surface area contributed by atoms with Crippen LogP contribution < -0.4 is 5.32 Å². The number of halogens is 3. The minimum Gasteiger partial charge on any atom is -0.465 e. The largest absolute Gasteiger partial charge is 0.471 e.